The first-order valence-electron chi connectivity index (χ1n) is 8.93. The molecule has 30 heavy (non-hydrogen) atoms. The van der Waals surface area contributed by atoms with Crippen LogP contribution in [0.25, 0.3) is 4.95 Å². The zero-order valence-electron chi connectivity index (χ0n) is 17.6. The summed E-state index contributed by atoms with van der Waals surface area (Å²) in [7, 11) is 0. The molecule has 0 N–H and O–H groups in total. The smallest absolute Gasteiger partial charge is 0.386 e. The Bertz CT molecular complexity index is 720. The van der Waals surface area contributed by atoms with Gasteiger partial charge in [0.2, 0.25) is 0 Å². The van der Waals surface area contributed by atoms with Gasteiger partial charge in [0.1, 0.15) is 26.4 Å². The lowest BCUT2D eigenvalue weighted by Gasteiger charge is -2.23. The normalized spacial score (nSPS) is 9.53. The molecule has 0 aliphatic heterocycles. The molecule has 0 fully saturated rings. The van der Waals surface area contributed by atoms with Gasteiger partial charge in [-0.05, 0) is 25.8 Å². The molecule has 0 unspecified atom stereocenters. The van der Waals surface area contributed by atoms with Gasteiger partial charge < -0.3 is 19.1 Å². The summed E-state index contributed by atoms with van der Waals surface area (Å²) in [5.41, 5.74) is 0.590. The van der Waals surface area contributed by atoms with Crippen LogP contribution in [-0.4, -0.2) is 73.3 Å². The maximum atomic E-state index is 12.7. The number of ether oxygens (including phenoxy) is 3. The first kappa shape index (κ1) is 26.4. The summed E-state index contributed by atoms with van der Waals surface area (Å²) < 4.78 is 14.8. The lowest BCUT2D eigenvalue weighted by molar-refractivity contribution is -0.140. The molecule has 0 spiro atoms. The fraction of sp³-hybridized carbons (Fsp3) is 0.450. The number of amides is 2. The van der Waals surface area contributed by atoms with E-state index < -0.39 is 23.9 Å². The lowest BCUT2D eigenvalue weighted by atomic mass is 10.4. The van der Waals surface area contributed by atoms with E-state index in [-0.39, 0.29) is 56.2 Å². The molecule has 0 aromatic heterocycles. The predicted octanol–water partition coefficient (Wildman–Crippen LogP) is 1.90. The van der Waals surface area contributed by atoms with Crippen molar-refractivity contribution in [1.29, 1.82) is 0 Å². The number of carbonyl (C=O) groups excluding carboxylic acids is 4. The Morgan fingerprint density at radius 1 is 0.733 bits per heavy atom. The highest BCUT2D eigenvalue weighted by atomic mass is 16.5. The highest BCUT2D eigenvalue weighted by Gasteiger charge is 2.26. The molecular weight excluding hydrogens is 394 g/mol. The van der Waals surface area contributed by atoms with Gasteiger partial charge in [-0.1, -0.05) is 19.7 Å². The molecule has 0 aromatic rings. The number of hydrogen-bond donors (Lipinski definition) is 0. The Balaban J connectivity index is 4.98. The Kier molecular flexibility index (Phi) is 11.9. The number of nitrogens with zero attached hydrogens (tertiary/aromatic N) is 3. The number of urea groups is 1. The molecule has 0 heterocycles. The van der Waals surface area contributed by atoms with Gasteiger partial charge in [-0.2, -0.15) is 11.5 Å². The van der Waals surface area contributed by atoms with Gasteiger partial charge in [0.15, 0.2) is 0 Å². The minimum atomic E-state index is -0.728. The number of esters is 3. The van der Waals surface area contributed by atoms with Gasteiger partial charge in [0.05, 0.1) is 13.1 Å². The molecule has 0 radical (unpaired) electrons. The fourth-order valence-corrected chi connectivity index (χ4v) is 1.75. The summed E-state index contributed by atoms with van der Waals surface area (Å²) in [4.78, 5) is 51.4. The maximum absolute atomic E-state index is 12.7. The predicted molar refractivity (Wildman–Crippen MR) is 108 cm³/mol. The molecule has 0 bridgehead atoms. The summed E-state index contributed by atoms with van der Waals surface area (Å²) in [5, 5.41) is 0.757. The summed E-state index contributed by atoms with van der Waals surface area (Å²) in [5.74, 6) is -1.88. The molecular formula is C20H27N3O7. The molecule has 2 amide bonds. The van der Waals surface area contributed by atoms with E-state index in [1.165, 1.54) is 25.7 Å². The van der Waals surface area contributed by atoms with Crippen molar-refractivity contribution in [2.24, 2.45) is 0 Å². The van der Waals surface area contributed by atoms with Crippen LogP contribution in [0.5, 0.6) is 0 Å². The molecule has 0 saturated carbocycles. The van der Waals surface area contributed by atoms with Crippen LogP contribution in [0, 0.1) is 6.57 Å². The Hall–Kier alpha value is -3.61. The molecule has 0 aliphatic carbocycles. The van der Waals surface area contributed by atoms with Crippen molar-refractivity contribution < 1.29 is 33.4 Å². The molecule has 164 valence electrons. The second-order valence-electron chi connectivity index (χ2n) is 6.24. The van der Waals surface area contributed by atoms with Crippen molar-refractivity contribution in [2.75, 3.05) is 39.5 Å². The van der Waals surface area contributed by atoms with Gasteiger partial charge >= 0.3 is 23.9 Å². The zero-order chi connectivity index (χ0) is 23.3. The van der Waals surface area contributed by atoms with Crippen molar-refractivity contribution in [2.45, 2.75) is 20.8 Å². The van der Waals surface area contributed by atoms with Crippen LogP contribution < -0.4 is 0 Å². The van der Waals surface area contributed by atoms with E-state index in [1.807, 2.05) is 0 Å². The fourth-order valence-electron chi connectivity index (χ4n) is 1.75. The van der Waals surface area contributed by atoms with Gasteiger partial charge in [0, 0.05) is 16.7 Å². The second-order valence-corrected chi connectivity index (χ2v) is 6.24. The van der Waals surface area contributed by atoms with E-state index in [1.54, 1.807) is 0 Å². The molecule has 0 atom stereocenters. The van der Waals surface area contributed by atoms with Gasteiger partial charge in [-0.3, -0.25) is 0 Å². The summed E-state index contributed by atoms with van der Waals surface area (Å²) >= 11 is 0. The average Bonchev–Trinajstić information content (AvgIpc) is 2.68. The van der Waals surface area contributed by atoms with Gasteiger partial charge in [-0.25, -0.2) is 19.2 Å². The van der Waals surface area contributed by atoms with E-state index >= 15 is 0 Å². The number of carbonyl (C=O) groups is 4. The highest BCUT2D eigenvalue weighted by molar-refractivity contribution is 5.87. The van der Waals surface area contributed by atoms with Crippen LogP contribution in [0.3, 0.4) is 0 Å². The Morgan fingerprint density at radius 2 is 1.07 bits per heavy atom. The van der Waals surface area contributed by atoms with Crippen LogP contribution in [0.15, 0.2) is 36.5 Å². The standard InChI is InChI=1S/C20H27N3O7/c1-14(2)17(24)28-11-8-22(9-12-29-18(25)15(3)4)20(27)23(21-7)10-13-30-19(26)16(5)6/h1,3,5,8-13H2,2,4,6H3. The third-order valence-corrected chi connectivity index (χ3v) is 3.38. The van der Waals surface area contributed by atoms with E-state index in [4.69, 9.17) is 20.8 Å². The van der Waals surface area contributed by atoms with Crippen LogP contribution in [0.4, 0.5) is 4.79 Å². The monoisotopic (exact) mass is 421 g/mol. The van der Waals surface area contributed by atoms with Gasteiger partial charge in [-0.15, -0.1) is 0 Å². The van der Waals surface area contributed by atoms with E-state index in [2.05, 4.69) is 24.7 Å². The van der Waals surface area contributed by atoms with Crippen molar-refractivity contribution in [3.8, 4) is 0 Å². The first-order chi connectivity index (χ1) is 14.0. The van der Waals surface area contributed by atoms with Crippen molar-refractivity contribution >= 4 is 23.9 Å². The van der Waals surface area contributed by atoms with Crippen molar-refractivity contribution in [3.05, 3.63) is 48.0 Å². The van der Waals surface area contributed by atoms with Gasteiger partial charge in [0.25, 0.3) is 0 Å². The lowest BCUT2D eigenvalue weighted by Crippen LogP contribution is -2.44. The molecule has 10 heteroatoms. The molecule has 0 rings (SSSR count). The van der Waals surface area contributed by atoms with E-state index in [0.29, 0.717) is 0 Å². The topological polar surface area (TPSA) is 107 Å². The largest absolute Gasteiger partial charge is 0.460 e. The summed E-state index contributed by atoms with van der Waals surface area (Å²) in [6.45, 7) is 21.2. The third-order valence-electron chi connectivity index (χ3n) is 3.38. The van der Waals surface area contributed by atoms with Crippen molar-refractivity contribution in [1.82, 2.24) is 9.91 Å². The Morgan fingerprint density at radius 3 is 1.37 bits per heavy atom. The summed E-state index contributed by atoms with van der Waals surface area (Å²) in [6.07, 6.45) is 0. The number of hydrogen-bond acceptors (Lipinski definition) is 7. The van der Waals surface area contributed by atoms with Crippen LogP contribution in [0.2, 0.25) is 0 Å². The first-order valence-corrected chi connectivity index (χ1v) is 8.93. The van der Waals surface area contributed by atoms with Crippen LogP contribution in [-0.2, 0) is 28.6 Å². The second kappa shape index (κ2) is 13.5. The molecule has 10 nitrogen and oxygen atoms in total. The van der Waals surface area contributed by atoms with E-state index in [9.17, 15) is 19.2 Å². The highest BCUT2D eigenvalue weighted by Crippen LogP contribution is 2.04. The quantitative estimate of drug-likeness (QED) is 0.156. The van der Waals surface area contributed by atoms with E-state index in [0.717, 1.165) is 5.01 Å². The Labute approximate surface area is 176 Å². The zero-order valence-corrected chi connectivity index (χ0v) is 17.6. The average molecular weight is 421 g/mol. The number of rotatable bonds is 12. The van der Waals surface area contributed by atoms with Crippen LogP contribution >= 0.6 is 0 Å². The molecule has 0 aromatic carbocycles. The summed E-state index contributed by atoms with van der Waals surface area (Å²) in [6, 6.07) is -0.728. The maximum Gasteiger partial charge on any atom is 0.386 e. The minimum Gasteiger partial charge on any atom is -0.460 e. The minimum absolute atomic E-state index is 0.0555. The SMILES string of the molecule is [C-]#[N+]N(CCOC(=O)C(=C)C)C(=O)N(CCOC(=O)C(=C)C)CCOC(=O)C(=C)C. The van der Waals surface area contributed by atoms with Crippen LogP contribution in [0.1, 0.15) is 20.8 Å². The van der Waals surface area contributed by atoms with Crippen molar-refractivity contribution in [3.63, 3.8) is 0 Å². The molecule has 0 aliphatic rings. The molecule has 0 saturated heterocycles. The third kappa shape index (κ3) is 10.1.